The van der Waals surface area contributed by atoms with E-state index in [0.29, 0.717) is 17.4 Å². The highest BCUT2D eigenvalue weighted by molar-refractivity contribution is 9.10. The van der Waals surface area contributed by atoms with Gasteiger partial charge in [-0.05, 0) is 54.9 Å². The number of rotatable bonds is 5. The summed E-state index contributed by atoms with van der Waals surface area (Å²) in [4.78, 5) is 14.2. The minimum atomic E-state index is -0.0713. The second kappa shape index (κ2) is 8.13. The molecule has 0 atom stereocenters. The van der Waals surface area contributed by atoms with Crippen LogP contribution in [0.3, 0.4) is 0 Å². The lowest BCUT2D eigenvalue weighted by Gasteiger charge is -2.09. The summed E-state index contributed by atoms with van der Waals surface area (Å²) in [7, 11) is 0. The van der Waals surface area contributed by atoms with Crippen LogP contribution in [0, 0.1) is 0 Å². The molecular weight excluding hydrogens is 446 g/mol. The Morgan fingerprint density at radius 1 is 1.14 bits per heavy atom. The van der Waals surface area contributed by atoms with Crippen LogP contribution >= 0.6 is 28.1 Å². The molecule has 0 saturated carbocycles. The second-order valence-electron chi connectivity index (χ2n) is 7.04. The Kier molecular flexibility index (Phi) is 5.56. The van der Waals surface area contributed by atoms with Gasteiger partial charge in [-0.15, -0.1) is 0 Å². The maximum Gasteiger partial charge on any atom is 0.276 e. The van der Waals surface area contributed by atoms with Gasteiger partial charge in [0.25, 0.3) is 5.91 Å². The summed E-state index contributed by atoms with van der Waals surface area (Å²) in [5, 5.41) is 4.68. The van der Waals surface area contributed by atoms with Crippen LogP contribution in [0.15, 0.2) is 58.8 Å². The van der Waals surface area contributed by atoms with E-state index < -0.39 is 0 Å². The fourth-order valence-electron chi connectivity index (χ4n) is 3.79. The van der Waals surface area contributed by atoms with Crippen LogP contribution in [0.1, 0.15) is 30.5 Å². The summed E-state index contributed by atoms with van der Waals surface area (Å²) in [6.07, 6.45) is 5.00. The number of para-hydroxylation sites is 1. The molecule has 1 N–H and O–H groups in total. The number of thiocarbonyl (C=S) groups is 1. The van der Waals surface area contributed by atoms with Crippen molar-refractivity contribution in [3.8, 4) is 0 Å². The van der Waals surface area contributed by atoms with Gasteiger partial charge in [-0.3, -0.25) is 9.69 Å². The normalized spacial score (nSPS) is 15.6. The predicted molar refractivity (Wildman–Crippen MR) is 126 cm³/mol. The number of aromatic nitrogens is 1. The first kappa shape index (κ1) is 19.9. The smallest absolute Gasteiger partial charge is 0.276 e. The van der Waals surface area contributed by atoms with Crippen LogP contribution in [-0.4, -0.2) is 27.0 Å². The monoisotopic (exact) mass is 467 g/mol. The van der Waals surface area contributed by atoms with E-state index in [0.717, 1.165) is 28.4 Å². The lowest BCUT2D eigenvalue weighted by molar-refractivity contribution is -0.122. The molecule has 0 radical (unpaired) electrons. The fourth-order valence-corrected chi connectivity index (χ4v) is 4.38. The second-order valence-corrected chi connectivity index (χ2v) is 8.35. The summed E-state index contributed by atoms with van der Waals surface area (Å²) < 4.78 is 3.35. The zero-order valence-corrected chi connectivity index (χ0v) is 18.8. The standard InChI is InChI=1S/C23H22BrN3OS/c1-3-16-6-5-7-19-17(12-20-22(28)27(4-2)23(29)25-20)14-26(21(16)19)13-15-8-10-18(24)11-9-15/h5-12,14H,3-4,13H2,1-2H3,(H,25,29)/b20-12-. The molecule has 0 bridgehead atoms. The van der Waals surface area contributed by atoms with Gasteiger partial charge in [0.1, 0.15) is 5.70 Å². The number of nitrogens with zero attached hydrogens (tertiary/aromatic N) is 2. The quantitative estimate of drug-likeness (QED) is 0.419. The van der Waals surface area contributed by atoms with Gasteiger partial charge in [0.05, 0.1) is 5.52 Å². The van der Waals surface area contributed by atoms with Crippen LogP contribution in [0.4, 0.5) is 0 Å². The highest BCUT2D eigenvalue weighted by atomic mass is 79.9. The zero-order valence-electron chi connectivity index (χ0n) is 16.4. The fraction of sp³-hybridized carbons (Fsp3) is 0.217. The maximum atomic E-state index is 12.6. The van der Waals surface area contributed by atoms with Crippen LogP contribution < -0.4 is 5.32 Å². The van der Waals surface area contributed by atoms with Crippen molar-refractivity contribution in [1.29, 1.82) is 0 Å². The van der Waals surface area contributed by atoms with E-state index in [2.05, 4.69) is 81.4 Å². The van der Waals surface area contributed by atoms with E-state index in [9.17, 15) is 4.79 Å². The molecule has 0 spiro atoms. The van der Waals surface area contributed by atoms with E-state index in [1.54, 1.807) is 4.90 Å². The molecule has 1 aliphatic rings. The van der Waals surface area contributed by atoms with Crippen molar-refractivity contribution in [3.05, 3.63) is 75.5 Å². The van der Waals surface area contributed by atoms with Crippen molar-refractivity contribution < 1.29 is 4.79 Å². The molecule has 1 amide bonds. The van der Waals surface area contributed by atoms with E-state index in [1.807, 2.05) is 13.0 Å². The Morgan fingerprint density at radius 3 is 2.55 bits per heavy atom. The number of carbonyl (C=O) groups is 1. The van der Waals surface area contributed by atoms with E-state index >= 15 is 0 Å². The molecule has 2 aromatic carbocycles. The van der Waals surface area contributed by atoms with Crippen molar-refractivity contribution in [3.63, 3.8) is 0 Å². The molecule has 1 fully saturated rings. The molecule has 4 nitrogen and oxygen atoms in total. The lowest BCUT2D eigenvalue weighted by atomic mass is 10.1. The number of nitrogens with one attached hydrogen (secondary N) is 1. The van der Waals surface area contributed by atoms with Gasteiger partial charge in [0.2, 0.25) is 0 Å². The molecule has 29 heavy (non-hydrogen) atoms. The third-order valence-electron chi connectivity index (χ3n) is 5.24. The first-order chi connectivity index (χ1) is 14.0. The number of carbonyl (C=O) groups excluding carboxylic acids is 1. The van der Waals surface area contributed by atoms with Crippen LogP contribution in [0.25, 0.3) is 17.0 Å². The Morgan fingerprint density at radius 2 is 1.90 bits per heavy atom. The number of likely N-dealkylation sites (N-methyl/N-ethyl adjacent to an activating group) is 1. The molecule has 6 heteroatoms. The summed E-state index contributed by atoms with van der Waals surface area (Å²) >= 11 is 8.79. The van der Waals surface area contributed by atoms with Crippen LogP contribution in [0.2, 0.25) is 0 Å². The van der Waals surface area contributed by atoms with Crippen molar-refractivity contribution in [2.75, 3.05) is 6.54 Å². The SMILES string of the molecule is CCc1cccc2c(/C=C3\NC(=S)N(CC)C3=O)cn(Cc3ccc(Br)cc3)c12. The summed E-state index contributed by atoms with van der Waals surface area (Å²) in [6.45, 7) is 5.42. The van der Waals surface area contributed by atoms with Crippen LogP contribution in [-0.2, 0) is 17.8 Å². The minimum absolute atomic E-state index is 0.0713. The number of benzene rings is 2. The first-order valence-corrected chi connectivity index (χ1v) is 10.9. The lowest BCUT2D eigenvalue weighted by Crippen LogP contribution is -2.30. The van der Waals surface area contributed by atoms with Gasteiger partial charge in [0, 0.05) is 34.7 Å². The summed E-state index contributed by atoms with van der Waals surface area (Å²) in [5.74, 6) is -0.0713. The highest BCUT2D eigenvalue weighted by Crippen LogP contribution is 2.29. The van der Waals surface area contributed by atoms with Crippen molar-refractivity contribution in [2.24, 2.45) is 0 Å². The van der Waals surface area contributed by atoms with Crippen molar-refractivity contribution >= 4 is 56.1 Å². The molecule has 148 valence electrons. The van der Waals surface area contributed by atoms with Gasteiger partial charge in [-0.1, -0.05) is 53.2 Å². The zero-order chi connectivity index (χ0) is 20.5. The third kappa shape index (κ3) is 3.74. The molecule has 1 aromatic heterocycles. The minimum Gasteiger partial charge on any atom is -0.342 e. The Hall–Kier alpha value is -2.44. The third-order valence-corrected chi connectivity index (χ3v) is 6.09. The molecule has 0 unspecified atom stereocenters. The van der Waals surface area contributed by atoms with E-state index in [1.165, 1.54) is 16.6 Å². The summed E-state index contributed by atoms with van der Waals surface area (Å²) in [6, 6.07) is 14.8. The Bertz CT molecular complexity index is 1130. The number of fused-ring (bicyclic) bond motifs is 1. The maximum absolute atomic E-state index is 12.6. The molecule has 1 saturated heterocycles. The van der Waals surface area contributed by atoms with Gasteiger partial charge in [-0.25, -0.2) is 0 Å². The number of amides is 1. The molecule has 2 heterocycles. The molecule has 1 aliphatic heterocycles. The van der Waals surface area contributed by atoms with Gasteiger partial charge >= 0.3 is 0 Å². The highest BCUT2D eigenvalue weighted by Gasteiger charge is 2.29. The predicted octanol–water partition coefficient (Wildman–Crippen LogP) is 5.09. The van der Waals surface area contributed by atoms with E-state index in [4.69, 9.17) is 12.2 Å². The number of aryl methyl sites for hydroxylation is 1. The molecular formula is C23H22BrN3OS. The first-order valence-electron chi connectivity index (χ1n) is 9.71. The topological polar surface area (TPSA) is 37.3 Å². The van der Waals surface area contributed by atoms with Crippen molar-refractivity contribution in [1.82, 2.24) is 14.8 Å². The van der Waals surface area contributed by atoms with Gasteiger partial charge in [-0.2, -0.15) is 0 Å². The van der Waals surface area contributed by atoms with Gasteiger partial charge in [0.15, 0.2) is 5.11 Å². The van der Waals surface area contributed by atoms with E-state index in [-0.39, 0.29) is 5.91 Å². The average Bonchev–Trinajstić information content (AvgIpc) is 3.20. The van der Waals surface area contributed by atoms with Crippen LogP contribution in [0.5, 0.6) is 0 Å². The number of hydrogen-bond acceptors (Lipinski definition) is 2. The Labute approximate surface area is 184 Å². The van der Waals surface area contributed by atoms with Gasteiger partial charge < -0.3 is 9.88 Å². The Balaban J connectivity index is 1.81. The summed E-state index contributed by atoms with van der Waals surface area (Å²) in [5.41, 5.74) is 5.28. The molecule has 0 aliphatic carbocycles. The largest absolute Gasteiger partial charge is 0.342 e. The molecule has 4 rings (SSSR count). The molecule has 3 aromatic rings. The average molecular weight is 468 g/mol. The number of hydrogen-bond donors (Lipinski definition) is 1. The van der Waals surface area contributed by atoms with Crippen molar-refractivity contribution in [2.45, 2.75) is 26.8 Å². The number of halogens is 1.